The molecule has 0 bridgehead atoms. The van der Waals surface area contributed by atoms with Gasteiger partial charge in [0.2, 0.25) is 0 Å². The number of hydrogen-bond acceptors (Lipinski definition) is 3. The number of pyridine rings is 1. The van der Waals surface area contributed by atoms with Gasteiger partial charge < -0.3 is 9.47 Å². The summed E-state index contributed by atoms with van der Waals surface area (Å²) in [6.45, 7) is 10.3. The number of rotatable bonds is 5. The highest BCUT2D eigenvalue weighted by atomic mass is 15.2. The number of nitrogens with zero attached hydrogens (tertiary/aromatic N) is 4. The summed E-state index contributed by atoms with van der Waals surface area (Å²) >= 11 is 0. The van der Waals surface area contributed by atoms with Crippen molar-refractivity contribution in [2.75, 3.05) is 13.1 Å². The first-order valence-electron chi connectivity index (χ1n) is 8.73. The Labute approximate surface area is 133 Å². The van der Waals surface area contributed by atoms with E-state index < -0.39 is 0 Å². The molecule has 4 heteroatoms. The quantitative estimate of drug-likeness (QED) is 0.847. The van der Waals surface area contributed by atoms with E-state index in [1.165, 1.54) is 31.8 Å². The Kier molecular flexibility index (Phi) is 4.77. The van der Waals surface area contributed by atoms with Gasteiger partial charge in [-0.3, -0.25) is 0 Å². The lowest BCUT2D eigenvalue weighted by molar-refractivity contribution is 0.148. The maximum atomic E-state index is 4.87. The van der Waals surface area contributed by atoms with E-state index in [-0.39, 0.29) is 0 Å². The van der Waals surface area contributed by atoms with Gasteiger partial charge in [-0.2, -0.15) is 0 Å². The van der Waals surface area contributed by atoms with Gasteiger partial charge in [0.15, 0.2) is 5.65 Å². The van der Waals surface area contributed by atoms with Crippen LogP contribution in [-0.2, 0) is 13.0 Å². The second kappa shape index (κ2) is 6.78. The summed E-state index contributed by atoms with van der Waals surface area (Å²) in [6.07, 6.45) is 6.69. The first-order chi connectivity index (χ1) is 10.7. The third-order valence-electron chi connectivity index (χ3n) is 4.88. The number of hydrogen-bond donors (Lipinski definition) is 0. The molecule has 0 radical (unpaired) electrons. The van der Waals surface area contributed by atoms with Crippen molar-refractivity contribution in [3.8, 4) is 0 Å². The van der Waals surface area contributed by atoms with Crippen molar-refractivity contribution in [2.24, 2.45) is 5.92 Å². The minimum atomic E-state index is 0.676. The fourth-order valence-corrected chi connectivity index (χ4v) is 3.55. The third-order valence-corrected chi connectivity index (χ3v) is 4.88. The Balaban J connectivity index is 1.75. The van der Waals surface area contributed by atoms with Crippen LogP contribution in [0.3, 0.4) is 0 Å². The molecule has 1 saturated heterocycles. The van der Waals surface area contributed by atoms with E-state index in [9.17, 15) is 0 Å². The molecule has 3 rings (SSSR count). The van der Waals surface area contributed by atoms with Gasteiger partial charge in [0.25, 0.3) is 0 Å². The van der Waals surface area contributed by atoms with Crippen LogP contribution < -0.4 is 0 Å². The maximum Gasteiger partial charge on any atom is 0.159 e. The number of likely N-dealkylation sites (tertiary alicyclic amines) is 1. The standard InChI is InChI=1S/C18H28N4/c1-4-10-22-17(20-16-6-5-9-19-18(16)22)13-15-7-11-21(12-8-15)14(2)3/h5-6,9,14-15H,4,7-8,10-13H2,1-3H3. The molecule has 0 aliphatic carbocycles. The highest BCUT2D eigenvalue weighted by molar-refractivity contribution is 5.71. The van der Waals surface area contributed by atoms with Gasteiger partial charge in [-0.25, -0.2) is 9.97 Å². The normalized spacial score (nSPS) is 17.6. The average Bonchev–Trinajstić information content (AvgIpc) is 2.86. The number of piperidine rings is 1. The van der Waals surface area contributed by atoms with Crippen molar-refractivity contribution < 1.29 is 0 Å². The second-order valence-corrected chi connectivity index (χ2v) is 6.80. The van der Waals surface area contributed by atoms with Crippen molar-refractivity contribution in [1.82, 2.24) is 19.4 Å². The monoisotopic (exact) mass is 300 g/mol. The lowest BCUT2D eigenvalue weighted by Crippen LogP contribution is -2.39. The molecule has 0 amide bonds. The van der Waals surface area contributed by atoms with E-state index in [0.29, 0.717) is 6.04 Å². The van der Waals surface area contributed by atoms with Gasteiger partial charge in [0.05, 0.1) is 0 Å². The van der Waals surface area contributed by atoms with Crippen LogP contribution in [-0.4, -0.2) is 38.6 Å². The molecule has 0 unspecified atom stereocenters. The Morgan fingerprint density at radius 2 is 2.05 bits per heavy atom. The number of aryl methyl sites for hydroxylation is 1. The van der Waals surface area contributed by atoms with Crippen LogP contribution in [0.25, 0.3) is 11.2 Å². The molecule has 3 heterocycles. The molecule has 22 heavy (non-hydrogen) atoms. The molecule has 120 valence electrons. The van der Waals surface area contributed by atoms with Crippen molar-refractivity contribution in [1.29, 1.82) is 0 Å². The molecule has 2 aromatic rings. The van der Waals surface area contributed by atoms with E-state index in [1.54, 1.807) is 0 Å². The molecule has 4 nitrogen and oxygen atoms in total. The third kappa shape index (κ3) is 3.17. The predicted octanol–water partition coefficient (Wildman–Crippen LogP) is 3.50. The van der Waals surface area contributed by atoms with Crippen molar-refractivity contribution in [3.05, 3.63) is 24.2 Å². The van der Waals surface area contributed by atoms with Crippen LogP contribution in [0.15, 0.2) is 18.3 Å². The van der Waals surface area contributed by atoms with Gasteiger partial charge in [0, 0.05) is 25.2 Å². The summed E-state index contributed by atoms with van der Waals surface area (Å²) in [5, 5.41) is 0. The summed E-state index contributed by atoms with van der Waals surface area (Å²) in [7, 11) is 0. The molecule has 1 aliphatic heterocycles. The van der Waals surface area contributed by atoms with Crippen molar-refractivity contribution in [2.45, 2.75) is 59.0 Å². The Bertz CT molecular complexity index is 609. The highest BCUT2D eigenvalue weighted by Gasteiger charge is 2.23. The predicted molar refractivity (Wildman–Crippen MR) is 91.0 cm³/mol. The summed E-state index contributed by atoms with van der Waals surface area (Å²) in [4.78, 5) is 12.0. The van der Waals surface area contributed by atoms with Gasteiger partial charge >= 0.3 is 0 Å². The fraction of sp³-hybridized carbons (Fsp3) is 0.667. The molecular formula is C18H28N4. The average molecular weight is 300 g/mol. The van der Waals surface area contributed by atoms with Gasteiger partial charge in [-0.1, -0.05) is 6.92 Å². The van der Waals surface area contributed by atoms with Gasteiger partial charge in [0.1, 0.15) is 11.3 Å². The van der Waals surface area contributed by atoms with Gasteiger partial charge in [-0.15, -0.1) is 0 Å². The first-order valence-corrected chi connectivity index (χ1v) is 8.73. The van der Waals surface area contributed by atoms with E-state index in [0.717, 1.165) is 36.5 Å². The molecular weight excluding hydrogens is 272 g/mol. The van der Waals surface area contributed by atoms with Crippen LogP contribution in [0.1, 0.15) is 45.9 Å². The molecule has 0 saturated carbocycles. The SMILES string of the molecule is CCCn1c(CC2CCN(C(C)C)CC2)nc2cccnc21. The molecule has 1 fully saturated rings. The second-order valence-electron chi connectivity index (χ2n) is 6.80. The number of aromatic nitrogens is 3. The van der Waals surface area contributed by atoms with Crippen LogP contribution in [0.2, 0.25) is 0 Å². The van der Waals surface area contributed by atoms with E-state index >= 15 is 0 Å². The Morgan fingerprint density at radius 3 is 2.73 bits per heavy atom. The van der Waals surface area contributed by atoms with E-state index in [2.05, 4.69) is 41.3 Å². The molecule has 0 atom stereocenters. The van der Waals surface area contributed by atoms with Crippen LogP contribution in [0.4, 0.5) is 0 Å². The summed E-state index contributed by atoms with van der Waals surface area (Å²) in [6, 6.07) is 4.74. The number of fused-ring (bicyclic) bond motifs is 1. The van der Waals surface area contributed by atoms with Crippen LogP contribution >= 0.6 is 0 Å². The Morgan fingerprint density at radius 1 is 1.27 bits per heavy atom. The summed E-state index contributed by atoms with van der Waals surface area (Å²) in [5.41, 5.74) is 2.10. The molecule has 1 aliphatic rings. The topological polar surface area (TPSA) is 34.0 Å². The zero-order chi connectivity index (χ0) is 15.5. The minimum Gasteiger partial charge on any atom is -0.313 e. The smallest absolute Gasteiger partial charge is 0.159 e. The maximum absolute atomic E-state index is 4.87. The molecule has 0 N–H and O–H groups in total. The van der Waals surface area contributed by atoms with Crippen LogP contribution in [0.5, 0.6) is 0 Å². The largest absolute Gasteiger partial charge is 0.313 e. The lowest BCUT2D eigenvalue weighted by atomic mass is 9.92. The first kappa shape index (κ1) is 15.5. The van der Waals surface area contributed by atoms with E-state index in [4.69, 9.17) is 4.98 Å². The number of imidazole rings is 1. The van der Waals surface area contributed by atoms with Crippen LogP contribution in [0, 0.1) is 5.92 Å². The minimum absolute atomic E-state index is 0.676. The van der Waals surface area contributed by atoms with E-state index in [1.807, 2.05) is 12.3 Å². The molecule has 2 aromatic heterocycles. The lowest BCUT2D eigenvalue weighted by Gasteiger charge is -2.34. The van der Waals surface area contributed by atoms with Gasteiger partial charge in [-0.05, 0) is 64.3 Å². The summed E-state index contributed by atoms with van der Waals surface area (Å²) in [5.74, 6) is 2.00. The fourth-order valence-electron chi connectivity index (χ4n) is 3.55. The zero-order valence-corrected chi connectivity index (χ0v) is 14.1. The highest BCUT2D eigenvalue weighted by Crippen LogP contribution is 2.24. The molecule has 0 spiro atoms. The Hall–Kier alpha value is -1.42. The summed E-state index contributed by atoms with van der Waals surface area (Å²) < 4.78 is 2.34. The van der Waals surface area contributed by atoms with Crippen molar-refractivity contribution >= 4 is 11.2 Å². The van der Waals surface area contributed by atoms with Crippen molar-refractivity contribution in [3.63, 3.8) is 0 Å². The zero-order valence-electron chi connectivity index (χ0n) is 14.1. The molecule has 0 aromatic carbocycles.